The zero-order valence-electron chi connectivity index (χ0n) is 12.5. The standard InChI is InChI=1S/C15H31N3/c1-5-8-16-11-14(2)12-18(4)13-15-6-9-17(3)10-7-15/h15-16H,2,5-13H2,1,3-4H3. The molecule has 0 aromatic carbocycles. The van der Waals surface area contributed by atoms with Crippen molar-refractivity contribution in [3.63, 3.8) is 0 Å². The van der Waals surface area contributed by atoms with Crippen LogP contribution >= 0.6 is 0 Å². The first kappa shape index (κ1) is 15.7. The summed E-state index contributed by atoms with van der Waals surface area (Å²) in [6.07, 6.45) is 3.89. The lowest BCUT2D eigenvalue weighted by atomic mass is 9.96. The fraction of sp³-hybridized carbons (Fsp3) is 0.867. The summed E-state index contributed by atoms with van der Waals surface area (Å²) >= 11 is 0. The normalized spacial score (nSPS) is 18.4. The van der Waals surface area contributed by atoms with Crippen LogP contribution in [-0.4, -0.2) is 63.2 Å². The van der Waals surface area contributed by atoms with Gasteiger partial charge in [0.05, 0.1) is 0 Å². The quantitative estimate of drug-likeness (QED) is 0.526. The van der Waals surface area contributed by atoms with Gasteiger partial charge in [-0.3, -0.25) is 0 Å². The van der Waals surface area contributed by atoms with Crippen LogP contribution in [0.15, 0.2) is 12.2 Å². The lowest BCUT2D eigenvalue weighted by Gasteiger charge is -2.31. The van der Waals surface area contributed by atoms with Crippen molar-refractivity contribution in [2.45, 2.75) is 26.2 Å². The lowest BCUT2D eigenvalue weighted by Crippen LogP contribution is -2.36. The Morgan fingerprint density at radius 2 is 2.06 bits per heavy atom. The molecule has 1 N–H and O–H groups in total. The summed E-state index contributed by atoms with van der Waals surface area (Å²) in [4.78, 5) is 4.87. The van der Waals surface area contributed by atoms with Gasteiger partial charge < -0.3 is 15.1 Å². The average molecular weight is 253 g/mol. The second kappa shape index (κ2) is 8.68. The fourth-order valence-electron chi connectivity index (χ4n) is 2.63. The third kappa shape index (κ3) is 6.53. The molecule has 0 aromatic rings. The van der Waals surface area contributed by atoms with E-state index in [0.29, 0.717) is 0 Å². The number of piperidine rings is 1. The SMILES string of the molecule is C=C(CNCCC)CN(C)CC1CCN(C)CC1. The van der Waals surface area contributed by atoms with Crippen molar-refractivity contribution in [2.75, 3.05) is 53.4 Å². The second-order valence-electron chi connectivity index (χ2n) is 5.87. The number of hydrogen-bond acceptors (Lipinski definition) is 3. The predicted molar refractivity (Wildman–Crippen MR) is 80.0 cm³/mol. The summed E-state index contributed by atoms with van der Waals surface area (Å²) in [7, 11) is 4.45. The Balaban J connectivity index is 2.12. The summed E-state index contributed by atoms with van der Waals surface area (Å²) < 4.78 is 0. The highest BCUT2D eigenvalue weighted by Gasteiger charge is 2.18. The van der Waals surface area contributed by atoms with Crippen molar-refractivity contribution in [1.29, 1.82) is 0 Å². The van der Waals surface area contributed by atoms with Crippen molar-refractivity contribution >= 4 is 0 Å². The van der Waals surface area contributed by atoms with E-state index in [2.05, 4.69) is 42.7 Å². The first-order valence-electron chi connectivity index (χ1n) is 7.36. The van der Waals surface area contributed by atoms with E-state index in [1.807, 2.05) is 0 Å². The van der Waals surface area contributed by atoms with E-state index in [9.17, 15) is 0 Å². The van der Waals surface area contributed by atoms with E-state index < -0.39 is 0 Å². The van der Waals surface area contributed by atoms with Crippen LogP contribution in [0.5, 0.6) is 0 Å². The molecule has 0 bridgehead atoms. The Bertz CT molecular complexity index is 232. The Kier molecular flexibility index (Phi) is 7.56. The Morgan fingerprint density at radius 1 is 1.39 bits per heavy atom. The minimum Gasteiger partial charge on any atom is -0.313 e. The minimum absolute atomic E-state index is 0.877. The highest BCUT2D eigenvalue weighted by Crippen LogP contribution is 2.16. The van der Waals surface area contributed by atoms with Crippen LogP contribution in [0.1, 0.15) is 26.2 Å². The van der Waals surface area contributed by atoms with E-state index in [1.54, 1.807) is 0 Å². The third-order valence-electron chi connectivity index (χ3n) is 3.70. The van der Waals surface area contributed by atoms with Gasteiger partial charge in [0.1, 0.15) is 0 Å². The topological polar surface area (TPSA) is 18.5 Å². The molecule has 0 amide bonds. The maximum absolute atomic E-state index is 4.16. The molecule has 1 aliphatic rings. The smallest absolute Gasteiger partial charge is 0.0199 e. The molecule has 18 heavy (non-hydrogen) atoms. The molecule has 3 nitrogen and oxygen atoms in total. The summed E-state index contributed by atoms with van der Waals surface area (Å²) in [6.45, 7) is 13.2. The first-order chi connectivity index (χ1) is 8.61. The van der Waals surface area contributed by atoms with Crippen molar-refractivity contribution < 1.29 is 0 Å². The molecular formula is C15H31N3. The summed E-state index contributed by atoms with van der Waals surface area (Å²) in [5.41, 5.74) is 1.30. The molecule has 0 unspecified atom stereocenters. The largest absolute Gasteiger partial charge is 0.313 e. The third-order valence-corrected chi connectivity index (χ3v) is 3.70. The molecule has 0 radical (unpaired) electrons. The summed E-state index contributed by atoms with van der Waals surface area (Å²) in [6, 6.07) is 0. The molecule has 3 heteroatoms. The highest BCUT2D eigenvalue weighted by atomic mass is 15.1. The first-order valence-corrected chi connectivity index (χ1v) is 7.36. The molecule has 0 aliphatic carbocycles. The van der Waals surface area contributed by atoms with Gasteiger partial charge in [0.2, 0.25) is 0 Å². The van der Waals surface area contributed by atoms with Crippen LogP contribution in [0.3, 0.4) is 0 Å². The molecule has 0 aromatic heterocycles. The maximum atomic E-state index is 4.16. The number of rotatable bonds is 8. The zero-order chi connectivity index (χ0) is 13.4. The van der Waals surface area contributed by atoms with Gasteiger partial charge in [-0.25, -0.2) is 0 Å². The molecule has 0 spiro atoms. The Hall–Kier alpha value is -0.380. The zero-order valence-corrected chi connectivity index (χ0v) is 12.5. The van der Waals surface area contributed by atoms with E-state index in [4.69, 9.17) is 0 Å². The van der Waals surface area contributed by atoms with Crippen LogP contribution in [0.2, 0.25) is 0 Å². The lowest BCUT2D eigenvalue weighted by molar-refractivity contribution is 0.181. The number of hydrogen-bond donors (Lipinski definition) is 1. The van der Waals surface area contributed by atoms with Gasteiger partial charge in [-0.05, 0) is 64.5 Å². The summed E-state index contributed by atoms with van der Waals surface area (Å²) in [5, 5.41) is 3.42. The molecule has 0 atom stereocenters. The second-order valence-corrected chi connectivity index (χ2v) is 5.87. The van der Waals surface area contributed by atoms with E-state index in [-0.39, 0.29) is 0 Å². The molecule has 1 rings (SSSR count). The summed E-state index contributed by atoms with van der Waals surface area (Å²) in [5.74, 6) is 0.877. The van der Waals surface area contributed by atoms with Gasteiger partial charge in [0.15, 0.2) is 0 Å². The Morgan fingerprint density at radius 3 is 2.67 bits per heavy atom. The molecule has 106 valence electrons. The van der Waals surface area contributed by atoms with E-state index in [0.717, 1.165) is 25.6 Å². The van der Waals surface area contributed by atoms with Crippen molar-refractivity contribution in [1.82, 2.24) is 15.1 Å². The molecular weight excluding hydrogens is 222 g/mol. The average Bonchev–Trinajstić information content (AvgIpc) is 2.32. The number of nitrogens with zero attached hydrogens (tertiary/aromatic N) is 2. The van der Waals surface area contributed by atoms with Crippen molar-refractivity contribution in [3.8, 4) is 0 Å². The van der Waals surface area contributed by atoms with Crippen molar-refractivity contribution in [2.24, 2.45) is 5.92 Å². The van der Waals surface area contributed by atoms with Crippen LogP contribution in [-0.2, 0) is 0 Å². The van der Waals surface area contributed by atoms with Gasteiger partial charge in [0, 0.05) is 19.6 Å². The van der Waals surface area contributed by atoms with Gasteiger partial charge in [-0.1, -0.05) is 13.5 Å². The van der Waals surface area contributed by atoms with Gasteiger partial charge in [0.25, 0.3) is 0 Å². The predicted octanol–water partition coefficient (Wildman–Crippen LogP) is 1.82. The van der Waals surface area contributed by atoms with E-state index in [1.165, 1.54) is 44.5 Å². The molecule has 1 fully saturated rings. The maximum Gasteiger partial charge on any atom is 0.0199 e. The molecule has 0 saturated carbocycles. The van der Waals surface area contributed by atoms with Gasteiger partial charge in [-0.2, -0.15) is 0 Å². The monoisotopic (exact) mass is 253 g/mol. The highest BCUT2D eigenvalue weighted by molar-refractivity contribution is 4.99. The number of likely N-dealkylation sites (N-methyl/N-ethyl adjacent to an activating group) is 1. The van der Waals surface area contributed by atoms with Gasteiger partial charge in [-0.15, -0.1) is 0 Å². The van der Waals surface area contributed by atoms with Crippen LogP contribution in [0.25, 0.3) is 0 Å². The fourth-order valence-corrected chi connectivity index (χ4v) is 2.63. The van der Waals surface area contributed by atoms with Crippen molar-refractivity contribution in [3.05, 3.63) is 12.2 Å². The van der Waals surface area contributed by atoms with Gasteiger partial charge >= 0.3 is 0 Å². The van der Waals surface area contributed by atoms with Crippen LogP contribution in [0, 0.1) is 5.92 Å². The van der Waals surface area contributed by atoms with Crippen LogP contribution < -0.4 is 5.32 Å². The Labute approximate surface area is 113 Å². The molecule has 1 heterocycles. The minimum atomic E-state index is 0.877. The van der Waals surface area contributed by atoms with Crippen LogP contribution in [0.4, 0.5) is 0 Å². The van der Waals surface area contributed by atoms with E-state index >= 15 is 0 Å². The molecule has 1 aliphatic heterocycles. The number of nitrogens with one attached hydrogen (secondary N) is 1. The molecule has 1 saturated heterocycles. The number of likely N-dealkylation sites (tertiary alicyclic amines) is 1.